The molecule has 0 aliphatic heterocycles. The molecule has 1 rings (SSSR count). The summed E-state index contributed by atoms with van der Waals surface area (Å²) in [6.07, 6.45) is 0. The van der Waals surface area contributed by atoms with Crippen LogP contribution in [0.1, 0.15) is 12.5 Å². The van der Waals surface area contributed by atoms with Gasteiger partial charge in [-0.2, -0.15) is 8.42 Å². The van der Waals surface area contributed by atoms with Gasteiger partial charge < -0.3 is 5.32 Å². The lowest BCUT2D eigenvalue weighted by atomic mass is 10.2. The quantitative estimate of drug-likeness (QED) is 0.786. The molecule has 6 heteroatoms. The van der Waals surface area contributed by atoms with Gasteiger partial charge in [0.1, 0.15) is 4.90 Å². The van der Waals surface area contributed by atoms with Crippen LogP contribution in [-0.2, 0) is 15.0 Å². The zero-order valence-corrected chi connectivity index (χ0v) is 9.06. The number of hydrogen-bond acceptors (Lipinski definition) is 3. The van der Waals surface area contributed by atoms with Gasteiger partial charge in [0.05, 0.1) is 0 Å². The number of carbonyl (C=O) groups is 1. The summed E-state index contributed by atoms with van der Waals surface area (Å²) in [5.74, 6) is -0.346. The molecule has 1 aromatic rings. The molecule has 1 N–H and O–H groups in total. The van der Waals surface area contributed by atoms with Crippen molar-refractivity contribution in [2.75, 3.05) is 5.32 Å². The van der Waals surface area contributed by atoms with E-state index in [1.54, 1.807) is 0 Å². The molecule has 0 aromatic heterocycles. The van der Waals surface area contributed by atoms with Crippen LogP contribution in [0, 0.1) is 6.92 Å². The maximum atomic E-state index is 12.8. The van der Waals surface area contributed by atoms with E-state index in [1.807, 2.05) is 0 Å². The Hall–Kier alpha value is -1.43. The van der Waals surface area contributed by atoms with E-state index in [0.717, 1.165) is 6.07 Å². The standard InChI is InChI=1S/C9H10FNO3S/c1-6-3-4-8(11-7(2)12)5-9(6)15(10,13)14/h3-5H,1-2H3,(H,11,12). The Balaban J connectivity index is 3.23. The topological polar surface area (TPSA) is 63.2 Å². The van der Waals surface area contributed by atoms with E-state index >= 15 is 0 Å². The summed E-state index contributed by atoms with van der Waals surface area (Å²) in [5.41, 5.74) is 0.552. The maximum absolute atomic E-state index is 12.8. The lowest BCUT2D eigenvalue weighted by Crippen LogP contribution is -2.07. The third-order valence-corrected chi connectivity index (χ3v) is 2.74. The van der Waals surface area contributed by atoms with Gasteiger partial charge in [-0.05, 0) is 24.6 Å². The van der Waals surface area contributed by atoms with Gasteiger partial charge in [-0.1, -0.05) is 6.07 Å². The number of anilines is 1. The van der Waals surface area contributed by atoms with Crippen LogP contribution in [0.4, 0.5) is 9.57 Å². The fraction of sp³-hybridized carbons (Fsp3) is 0.222. The fourth-order valence-electron chi connectivity index (χ4n) is 1.14. The maximum Gasteiger partial charge on any atom is 0.332 e. The molecule has 0 bridgehead atoms. The van der Waals surface area contributed by atoms with Crippen molar-refractivity contribution in [3.8, 4) is 0 Å². The summed E-state index contributed by atoms with van der Waals surface area (Å²) in [5, 5.41) is 2.37. The highest BCUT2D eigenvalue weighted by molar-refractivity contribution is 7.86. The van der Waals surface area contributed by atoms with Crippen molar-refractivity contribution in [2.45, 2.75) is 18.7 Å². The predicted octanol–water partition coefficient (Wildman–Crippen LogP) is 1.61. The monoisotopic (exact) mass is 231 g/mol. The highest BCUT2D eigenvalue weighted by Gasteiger charge is 2.15. The second-order valence-corrected chi connectivity index (χ2v) is 4.41. The highest BCUT2D eigenvalue weighted by Crippen LogP contribution is 2.21. The van der Waals surface area contributed by atoms with E-state index in [9.17, 15) is 17.1 Å². The molecule has 0 fully saturated rings. The average molecular weight is 231 g/mol. The van der Waals surface area contributed by atoms with Crippen molar-refractivity contribution in [1.29, 1.82) is 0 Å². The molecule has 0 aliphatic rings. The summed E-state index contributed by atoms with van der Waals surface area (Å²) in [6, 6.07) is 4.02. The van der Waals surface area contributed by atoms with E-state index in [2.05, 4.69) is 5.32 Å². The Morgan fingerprint density at radius 3 is 2.47 bits per heavy atom. The van der Waals surface area contributed by atoms with Gasteiger partial charge in [0.15, 0.2) is 0 Å². The number of nitrogens with one attached hydrogen (secondary N) is 1. The number of hydrogen-bond donors (Lipinski definition) is 1. The first-order chi connectivity index (χ1) is 6.80. The Morgan fingerprint density at radius 2 is 2.00 bits per heavy atom. The first-order valence-electron chi connectivity index (χ1n) is 4.13. The normalized spacial score (nSPS) is 11.1. The minimum absolute atomic E-state index is 0.254. The van der Waals surface area contributed by atoms with Crippen molar-refractivity contribution in [1.82, 2.24) is 0 Å². The van der Waals surface area contributed by atoms with Crippen LogP contribution in [-0.4, -0.2) is 14.3 Å². The Labute approximate surface area is 87.3 Å². The van der Waals surface area contributed by atoms with Gasteiger partial charge in [-0.15, -0.1) is 3.89 Å². The van der Waals surface area contributed by atoms with Crippen molar-refractivity contribution >= 4 is 21.8 Å². The van der Waals surface area contributed by atoms with Gasteiger partial charge in [-0.3, -0.25) is 4.79 Å². The molecule has 0 saturated heterocycles. The summed E-state index contributed by atoms with van der Waals surface area (Å²) < 4.78 is 34.2. The lowest BCUT2D eigenvalue weighted by Gasteiger charge is -2.05. The first kappa shape index (κ1) is 11.6. The van der Waals surface area contributed by atoms with Crippen molar-refractivity contribution < 1.29 is 17.1 Å². The number of amides is 1. The van der Waals surface area contributed by atoms with Crippen LogP contribution in [0.15, 0.2) is 23.1 Å². The first-order valence-corrected chi connectivity index (χ1v) is 5.52. The smallest absolute Gasteiger partial charge is 0.326 e. The van der Waals surface area contributed by atoms with E-state index < -0.39 is 15.1 Å². The van der Waals surface area contributed by atoms with Crippen LogP contribution >= 0.6 is 0 Å². The molecule has 0 heterocycles. The van der Waals surface area contributed by atoms with Crippen molar-refractivity contribution in [2.24, 2.45) is 0 Å². The molecule has 82 valence electrons. The zero-order chi connectivity index (χ0) is 11.6. The highest BCUT2D eigenvalue weighted by atomic mass is 32.3. The van der Waals surface area contributed by atoms with Gasteiger partial charge in [0.2, 0.25) is 5.91 Å². The van der Waals surface area contributed by atoms with E-state index in [-0.39, 0.29) is 11.6 Å². The molecule has 0 atom stereocenters. The van der Waals surface area contributed by atoms with Crippen LogP contribution in [0.25, 0.3) is 0 Å². The number of carbonyl (C=O) groups excluding carboxylic acids is 1. The Kier molecular flexibility index (Phi) is 3.09. The zero-order valence-electron chi connectivity index (χ0n) is 8.24. The Morgan fingerprint density at radius 1 is 1.40 bits per heavy atom. The van der Waals surface area contributed by atoms with Gasteiger partial charge >= 0.3 is 10.2 Å². The van der Waals surface area contributed by atoms with Gasteiger partial charge in [0, 0.05) is 12.6 Å². The van der Waals surface area contributed by atoms with Crippen LogP contribution in [0.5, 0.6) is 0 Å². The van der Waals surface area contributed by atoms with E-state index in [1.165, 1.54) is 26.0 Å². The molecule has 15 heavy (non-hydrogen) atoms. The second-order valence-electron chi connectivity index (χ2n) is 3.10. The predicted molar refractivity (Wildman–Crippen MR) is 53.8 cm³/mol. The van der Waals surface area contributed by atoms with Crippen molar-refractivity contribution in [3.05, 3.63) is 23.8 Å². The summed E-state index contributed by atoms with van der Waals surface area (Å²) in [7, 11) is -4.74. The summed E-state index contributed by atoms with van der Waals surface area (Å²) >= 11 is 0. The molecular formula is C9H10FNO3S. The molecule has 1 amide bonds. The number of aryl methyl sites for hydroxylation is 1. The third-order valence-electron chi connectivity index (χ3n) is 1.77. The molecule has 0 unspecified atom stereocenters. The van der Waals surface area contributed by atoms with Gasteiger partial charge in [0.25, 0.3) is 0 Å². The third kappa shape index (κ3) is 3.02. The molecular weight excluding hydrogens is 221 g/mol. The van der Waals surface area contributed by atoms with Crippen LogP contribution in [0.2, 0.25) is 0 Å². The molecule has 0 saturated carbocycles. The largest absolute Gasteiger partial charge is 0.332 e. The van der Waals surface area contributed by atoms with Gasteiger partial charge in [-0.25, -0.2) is 0 Å². The van der Waals surface area contributed by atoms with Crippen molar-refractivity contribution in [3.63, 3.8) is 0 Å². The average Bonchev–Trinajstić information content (AvgIpc) is 2.05. The fourth-order valence-corrected chi connectivity index (χ4v) is 1.86. The SMILES string of the molecule is CC(=O)Nc1ccc(C)c(S(=O)(=O)F)c1. The number of benzene rings is 1. The summed E-state index contributed by atoms with van der Waals surface area (Å²) in [4.78, 5) is 10.3. The minimum atomic E-state index is -4.74. The molecule has 4 nitrogen and oxygen atoms in total. The minimum Gasteiger partial charge on any atom is -0.326 e. The molecule has 0 spiro atoms. The van der Waals surface area contributed by atoms with E-state index in [4.69, 9.17) is 0 Å². The lowest BCUT2D eigenvalue weighted by molar-refractivity contribution is -0.114. The molecule has 1 aromatic carbocycles. The van der Waals surface area contributed by atoms with Crippen LogP contribution < -0.4 is 5.32 Å². The van der Waals surface area contributed by atoms with Crippen LogP contribution in [0.3, 0.4) is 0 Å². The summed E-state index contributed by atoms with van der Waals surface area (Å²) in [6.45, 7) is 2.76. The number of rotatable bonds is 2. The molecule has 0 aliphatic carbocycles. The Bertz CT molecular complexity index is 496. The molecule has 0 radical (unpaired) electrons. The second kappa shape index (κ2) is 3.98. The number of halogens is 1. The van der Waals surface area contributed by atoms with E-state index in [0.29, 0.717) is 5.56 Å².